The number of fused-ring (bicyclic) bond motifs is 1. The van der Waals surface area contributed by atoms with Crippen molar-refractivity contribution >= 4 is 34.3 Å². The summed E-state index contributed by atoms with van der Waals surface area (Å²) in [6.07, 6.45) is 3.85. The van der Waals surface area contributed by atoms with Crippen LogP contribution in [0, 0.1) is 0 Å². The number of hydrogen-bond acceptors (Lipinski definition) is 9. The monoisotopic (exact) mass is 549 g/mol. The summed E-state index contributed by atoms with van der Waals surface area (Å²) >= 11 is 0. The van der Waals surface area contributed by atoms with Crippen molar-refractivity contribution in [2.24, 2.45) is 0 Å². The lowest BCUT2D eigenvalue weighted by Crippen LogP contribution is -2.38. The average Bonchev–Trinajstić information content (AvgIpc) is 2.87. The standard InChI is InChI=1S/C30H39N5O5/c1-20(36)17-35(18-28(38)40-30(3,4)5)14-10-13-27(37)34-25-15-23-24(16-26(25)39-6)31-19-32-29(23)33-21(2)22-11-8-7-9-12-22/h7-13,15-16,19-21,36H,14,17-18H2,1-6H3,(H,34,37)(H,31,32,33)/t20-,21-/m1/s1. The van der Waals surface area contributed by atoms with Crippen LogP contribution in [-0.4, -0.2) is 70.3 Å². The predicted molar refractivity (Wildman–Crippen MR) is 156 cm³/mol. The molecule has 1 amide bonds. The van der Waals surface area contributed by atoms with Crippen LogP contribution in [0.5, 0.6) is 5.75 Å². The van der Waals surface area contributed by atoms with E-state index in [1.54, 1.807) is 50.8 Å². The number of ether oxygens (including phenoxy) is 2. The van der Waals surface area contributed by atoms with Crippen molar-refractivity contribution < 1.29 is 24.2 Å². The Kier molecular flexibility index (Phi) is 10.6. The Morgan fingerprint density at radius 1 is 1.12 bits per heavy atom. The molecule has 0 aliphatic rings. The quantitative estimate of drug-likeness (QED) is 0.224. The van der Waals surface area contributed by atoms with Crippen molar-refractivity contribution in [3.63, 3.8) is 0 Å². The lowest BCUT2D eigenvalue weighted by Gasteiger charge is -2.25. The molecule has 1 heterocycles. The second-order valence-corrected chi connectivity index (χ2v) is 10.6. The van der Waals surface area contributed by atoms with Gasteiger partial charge < -0.3 is 25.2 Å². The highest BCUT2D eigenvalue weighted by atomic mass is 16.6. The van der Waals surface area contributed by atoms with Crippen molar-refractivity contribution in [2.75, 3.05) is 37.4 Å². The molecule has 0 radical (unpaired) electrons. The van der Waals surface area contributed by atoms with Crippen LogP contribution in [0.25, 0.3) is 10.9 Å². The fourth-order valence-electron chi connectivity index (χ4n) is 4.11. The molecule has 214 valence electrons. The van der Waals surface area contributed by atoms with E-state index in [9.17, 15) is 14.7 Å². The summed E-state index contributed by atoms with van der Waals surface area (Å²) in [6, 6.07) is 13.5. The van der Waals surface area contributed by atoms with Crippen molar-refractivity contribution in [2.45, 2.75) is 52.4 Å². The summed E-state index contributed by atoms with van der Waals surface area (Å²) in [6.45, 7) is 9.58. The van der Waals surface area contributed by atoms with Gasteiger partial charge in [0.05, 0.1) is 31.0 Å². The van der Waals surface area contributed by atoms with Crippen LogP contribution in [0.3, 0.4) is 0 Å². The number of amides is 1. The van der Waals surface area contributed by atoms with Gasteiger partial charge in [0.2, 0.25) is 5.91 Å². The highest BCUT2D eigenvalue weighted by Crippen LogP contribution is 2.33. The molecule has 2 aromatic carbocycles. The third-order valence-corrected chi connectivity index (χ3v) is 5.80. The van der Waals surface area contributed by atoms with Gasteiger partial charge >= 0.3 is 5.97 Å². The van der Waals surface area contributed by atoms with Crippen LogP contribution in [0.4, 0.5) is 11.5 Å². The van der Waals surface area contributed by atoms with Crippen molar-refractivity contribution in [1.82, 2.24) is 14.9 Å². The Morgan fingerprint density at radius 3 is 2.50 bits per heavy atom. The number of hydrogen-bond donors (Lipinski definition) is 3. The van der Waals surface area contributed by atoms with E-state index < -0.39 is 17.7 Å². The van der Waals surface area contributed by atoms with E-state index in [0.717, 1.165) is 10.9 Å². The number of rotatable bonds is 12. The number of esters is 1. The van der Waals surface area contributed by atoms with Gasteiger partial charge in [-0.2, -0.15) is 0 Å². The lowest BCUT2D eigenvalue weighted by atomic mass is 10.1. The largest absolute Gasteiger partial charge is 0.494 e. The number of nitrogens with zero attached hydrogens (tertiary/aromatic N) is 3. The molecular formula is C30H39N5O5. The molecule has 40 heavy (non-hydrogen) atoms. The molecule has 0 saturated carbocycles. The first-order chi connectivity index (χ1) is 18.9. The van der Waals surface area contributed by atoms with E-state index in [0.29, 0.717) is 22.8 Å². The summed E-state index contributed by atoms with van der Waals surface area (Å²) in [7, 11) is 1.52. The molecular weight excluding hydrogens is 510 g/mol. The van der Waals surface area contributed by atoms with Gasteiger partial charge in [0.25, 0.3) is 0 Å². The van der Waals surface area contributed by atoms with Gasteiger partial charge in [0, 0.05) is 36.7 Å². The molecule has 10 heteroatoms. The van der Waals surface area contributed by atoms with Crippen molar-refractivity contribution in [1.29, 1.82) is 0 Å². The number of aliphatic hydroxyl groups is 1. The Morgan fingerprint density at radius 2 is 1.85 bits per heavy atom. The average molecular weight is 550 g/mol. The van der Waals surface area contributed by atoms with Crippen LogP contribution in [0.1, 0.15) is 46.2 Å². The summed E-state index contributed by atoms with van der Waals surface area (Å²) in [5.41, 5.74) is 1.63. The molecule has 0 bridgehead atoms. The van der Waals surface area contributed by atoms with Gasteiger partial charge in [-0.15, -0.1) is 0 Å². The molecule has 0 spiro atoms. The first-order valence-electron chi connectivity index (χ1n) is 13.2. The number of anilines is 2. The van der Waals surface area contributed by atoms with Crippen molar-refractivity contribution in [3.05, 3.63) is 66.5 Å². The van der Waals surface area contributed by atoms with Gasteiger partial charge in [-0.05, 0) is 46.2 Å². The maximum absolute atomic E-state index is 12.8. The zero-order valence-corrected chi connectivity index (χ0v) is 24.0. The zero-order valence-electron chi connectivity index (χ0n) is 24.0. The normalized spacial score (nSPS) is 13.3. The number of methoxy groups -OCH3 is 1. The van der Waals surface area contributed by atoms with Gasteiger partial charge in [-0.3, -0.25) is 14.5 Å². The Hall–Kier alpha value is -4.02. The first kappa shape index (κ1) is 30.5. The first-order valence-corrected chi connectivity index (χ1v) is 13.2. The molecule has 2 atom stereocenters. The van der Waals surface area contributed by atoms with E-state index in [1.807, 2.05) is 37.3 Å². The van der Waals surface area contributed by atoms with Gasteiger partial charge in [0.15, 0.2) is 0 Å². The second-order valence-electron chi connectivity index (χ2n) is 10.6. The van der Waals surface area contributed by atoms with Crippen LogP contribution in [0.2, 0.25) is 0 Å². The third-order valence-electron chi connectivity index (χ3n) is 5.80. The predicted octanol–water partition coefficient (Wildman–Crippen LogP) is 4.33. The van der Waals surface area contributed by atoms with Crippen LogP contribution in [-0.2, 0) is 14.3 Å². The van der Waals surface area contributed by atoms with Crippen LogP contribution < -0.4 is 15.4 Å². The smallest absolute Gasteiger partial charge is 0.320 e. The SMILES string of the molecule is COc1cc2ncnc(N[C@H](C)c3ccccc3)c2cc1NC(=O)C=CCN(CC(=O)OC(C)(C)C)C[C@@H](C)O. The Balaban J connectivity index is 1.74. The maximum Gasteiger partial charge on any atom is 0.320 e. The summed E-state index contributed by atoms with van der Waals surface area (Å²) in [5, 5.41) is 16.8. The van der Waals surface area contributed by atoms with Crippen LogP contribution >= 0.6 is 0 Å². The van der Waals surface area contributed by atoms with Gasteiger partial charge in [-0.25, -0.2) is 9.97 Å². The maximum atomic E-state index is 12.8. The molecule has 1 aromatic heterocycles. The lowest BCUT2D eigenvalue weighted by molar-refractivity contribution is -0.156. The molecule has 0 unspecified atom stereocenters. The van der Waals surface area contributed by atoms with Crippen LogP contribution in [0.15, 0.2) is 60.9 Å². The summed E-state index contributed by atoms with van der Waals surface area (Å²) in [5.74, 6) is 0.303. The number of aliphatic hydroxyl groups excluding tert-OH is 1. The number of carbonyl (C=O) groups excluding carboxylic acids is 2. The number of benzene rings is 2. The molecule has 0 aliphatic carbocycles. The highest BCUT2D eigenvalue weighted by molar-refractivity contribution is 6.03. The van der Waals surface area contributed by atoms with E-state index in [2.05, 4.69) is 20.6 Å². The van der Waals surface area contributed by atoms with Crippen molar-refractivity contribution in [3.8, 4) is 5.75 Å². The molecule has 10 nitrogen and oxygen atoms in total. The molecule has 3 aromatic rings. The summed E-state index contributed by atoms with van der Waals surface area (Å²) in [4.78, 5) is 35.6. The molecule has 0 saturated heterocycles. The minimum atomic E-state index is -0.652. The Bertz CT molecular complexity index is 1320. The fourth-order valence-corrected chi connectivity index (χ4v) is 4.11. The van der Waals surface area contributed by atoms with E-state index >= 15 is 0 Å². The van der Waals surface area contributed by atoms with E-state index in [4.69, 9.17) is 9.47 Å². The molecule has 3 N–H and O–H groups in total. The molecule has 0 aliphatic heterocycles. The third kappa shape index (κ3) is 9.32. The van der Waals surface area contributed by atoms with Gasteiger partial charge in [0.1, 0.15) is 23.5 Å². The number of aromatic nitrogens is 2. The zero-order chi connectivity index (χ0) is 29.3. The topological polar surface area (TPSA) is 126 Å². The fraction of sp³-hybridized carbons (Fsp3) is 0.400. The van der Waals surface area contributed by atoms with Gasteiger partial charge in [-0.1, -0.05) is 36.4 Å². The minimum Gasteiger partial charge on any atom is -0.494 e. The second kappa shape index (κ2) is 13.9. The van der Waals surface area contributed by atoms with E-state index in [1.165, 1.54) is 19.5 Å². The highest BCUT2D eigenvalue weighted by Gasteiger charge is 2.19. The molecule has 3 rings (SSSR count). The number of nitrogens with one attached hydrogen (secondary N) is 2. The number of carbonyl (C=O) groups is 2. The Labute approximate surface area is 235 Å². The van der Waals surface area contributed by atoms with E-state index in [-0.39, 0.29) is 31.6 Å². The minimum absolute atomic E-state index is 0.00681. The molecule has 0 fully saturated rings. The summed E-state index contributed by atoms with van der Waals surface area (Å²) < 4.78 is 10.9.